The van der Waals surface area contributed by atoms with E-state index in [1.165, 1.54) is 27.2 Å². The smallest absolute Gasteiger partial charge is 0.0991 e. The Balaban J connectivity index is 1.73. The maximum absolute atomic E-state index is 9.38. The molecule has 0 radical (unpaired) electrons. The van der Waals surface area contributed by atoms with Crippen molar-refractivity contribution >= 4 is 43.6 Å². The summed E-state index contributed by atoms with van der Waals surface area (Å²) < 4.78 is 4.69. The molecule has 2 aromatic heterocycles. The normalized spacial score (nSPS) is 11.6. The SMILES string of the molecule is CCn1c2ccccc2c2ccc(-n3c4ccccc4c4cc(C#N)ccc43)cc21. The van der Waals surface area contributed by atoms with Crippen molar-refractivity contribution in [3.8, 4) is 11.8 Å². The second kappa shape index (κ2) is 6.23. The Labute approximate surface area is 174 Å². The molecule has 0 unspecified atom stereocenters. The van der Waals surface area contributed by atoms with E-state index in [0.29, 0.717) is 5.56 Å². The Kier molecular flexibility index (Phi) is 3.51. The van der Waals surface area contributed by atoms with Gasteiger partial charge >= 0.3 is 0 Å². The molecule has 3 heteroatoms. The van der Waals surface area contributed by atoms with Crippen molar-refractivity contribution in [1.82, 2.24) is 9.13 Å². The van der Waals surface area contributed by atoms with Gasteiger partial charge in [-0.3, -0.25) is 0 Å². The van der Waals surface area contributed by atoms with E-state index < -0.39 is 0 Å². The van der Waals surface area contributed by atoms with Crippen LogP contribution in [0.25, 0.3) is 49.3 Å². The molecule has 3 nitrogen and oxygen atoms in total. The highest BCUT2D eigenvalue weighted by atomic mass is 15.0. The van der Waals surface area contributed by atoms with Gasteiger partial charge in [-0.1, -0.05) is 42.5 Å². The van der Waals surface area contributed by atoms with Crippen molar-refractivity contribution in [3.05, 3.63) is 90.5 Å². The lowest BCUT2D eigenvalue weighted by atomic mass is 10.1. The maximum Gasteiger partial charge on any atom is 0.0991 e. The van der Waals surface area contributed by atoms with Gasteiger partial charge in [-0.05, 0) is 49.4 Å². The Bertz CT molecular complexity index is 1640. The third kappa shape index (κ3) is 2.19. The average Bonchev–Trinajstić information content (AvgIpc) is 3.30. The Morgan fingerprint density at radius 2 is 1.33 bits per heavy atom. The molecule has 6 rings (SSSR count). The summed E-state index contributed by atoms with van der Waals surface area (Å²) in [7, 11) is 0. The minimum absolute atomic E-state index is 0.687. The van der Waals surface area contributed by atoms with Gasteiger partial charge in [0.15, 0.2) is 0 Å². The quantitative estimate of drug-likeness (QED) is 0.323. The van der Waals surface area contributed by atoms with Gasteiger partial charge in [0.2, 0.25) is 0 Å². The first-order valence-electron chi connectivity index (χ1n) is 10.2. The van der Waals surface area contributed by atoms with Crippen molar-refractivity contribution in [1.29, 1.82) is 5.26 Å². The number of hydrogen-bond donors (Lipinski definition) is 0. The molecule has 142 valence electrons. The first kappa shape index (κ1) is 16.9. The molecule has 0 spiro atoms. The number of rotatable bonds is 2. The van der Waals surface area contributed by atoms with Crippen LogP contribution >= 0.6 is 0 Å². The van der Waals surface area contributed by atoms with E-state index in [1.54, 1.807) is 0 Å². The summed E-state index contributed by atoms with van der Waals surface area (Å²) in [6, 6.07) is 32.0. The Morgan fingerprint density at radius 3 is 2.10 bits per heavy atom. The van der Waals surface area contributed by atoms with Crippen LogP contribution in [0.3, 0.4) is 0 Å². The zero-order chi connectivity index (χ0) is 20.2. The number of hydrogen-bond acceptors (Lipinski definition) is 1. The van der Waals surface area contributed by atoms with Crippen LogP contribution in [0.5, 0.6) is 0 Å². The van der Waals surface area contributed by atoms with Crippen molar-refractivity contribution < 1.29 is 0 Å². The molecule has 0 N–H and O–H groups in total. The number of nitriles is 1. The third-order valence-corrected chi connectivity index (χ3v) is 6.13. The van der Waals surface area contributed by atoms with E-state index in [-0.39, 0.29) is 0 Å². The standard InChI is InChI=1S/C27H19N3/c1-2-29-24-9-5-3-7-20(24)22-13-12-19(16-27(22)29)30-25-10-6-4-8-21(25)23-15-18(17-28)11-14-26(23)30/h3-16H,2H2,1H3. The van der Waals surface area contributed by atoms with E-state index in [2.05, 4.69) is 94.9 Å². The number of aromatic nitrogens is 2. The summed E-state index contributed by atoms with van der Waals surface area (Å²) >= 11 is 0. The van der Waals surface area contributed by atoms with Crippen molar-refractivity contribution in [2.24, 2.45) is 0 Å². The van der Waals surface area contributed by atoms with Crippen LogP contribution in [0.15, 0.2) is 84.9 Å². The largest absolute Gasteiger partial charge is 0.341 e. The van der Waals surface area contributed by atoms with Crippen LogP contribution in [0, 0.1) is 11.3 Å². The number of fused-ring (bicyclic) bond motifs is 6. The molecule has 0 amide bonds. The summed E-state index contributed by atoms with van der Waals surface area (Å²) in [4.78, 5) is 0. The highest BCUT2D eigenvalue weighted by molar-refractivity contribution is 6.11. The first-order valence-corrected chi connectivity index (χ1v) is 10.2. The predicted molar refractivity (Wildman–Crippen MR) is 124 cm³/mol. The topological polar surface area (TPSA) is 33.6 Å². The molecule has 0 saturated carbocycles. The summed E-state index contributed by atoms with van der Waals surface area (Å²) in [5, 5.41) is 14.2. The number of para-hydroxylation sites is 2. The maximum atomic E-state index is 9.38. The van der Waals surface area contributed by atoms with E-state index in [9.17, 15) is 5.26 Å². The summed E-state index contributed by atoms with van der Waals surface area (Å²) in [5.41, 5.74) is 6.61. The second-order valence-corrected chi connectivity index (χ2v) is 7.66. The highest BCUT2D eigenvalue weighted by Crippen LogP contribution is 2.35. The van der Waals surface area contributed by atoms with Gasteiger partial charge < -0.3 is 9.13 Å². The summed E-state index contributed by atoms with van der Waals surface area (Å²) in [5.74, 6) is 0. The summed E-state index contributed by atoms with van der Waals surface area (Å²) in [6.45, 7) is 3.12. The van der Waals surface area contributed by atoms with Gasteiger partial charge in [0, 0.05) is 39.3 Å². The van der Waals surface area contributed by atoms with Crippen molar-refractivity contribution in [3.63, 3.8) is 0 Å². The van der Waals surface area contributed by atoms with Crippen LogP contribution < -0.4 is 0 Å². The number of benzene rings is 4. The molecule has 0 aliphatic rings. The molecule has 30 heavy (non-hydrogen) atoms. The molecule has 0 fully saturated rings. The molecule has 0 atom stereocenters. The molecule has 0 bridgehead atoms. The van der Waals surface area contributed by atoms with Gasteiger partial charge in [-0.2, -0.15) is 5.26 Å². The minimum Gasteiger partial charge on any atom is -0.341 e. The monoisotopic (exact) mass is 385 g/mol. The van der Waals surface area contributed by atoms with Crippen LogP contribution in [0.4, 0.5) is 0 Å². The van der Waals surface area contributed by atoms with E-state index in [0.717, 1.165) is 28.7 Å². The molecule has 0 saturated heterocycles. The van der Waals surface area contributed by atoms with Crippen LogP contribution in [-0.2, 0) is 6.54 Å². The van der Waals surface area contributed by atoms with E-state index in [1.807, 2.05) is 12.1 Å². The van der Waals surface area contributed by atoms with Gasteiger partial charge in [0.05, 0.1) is 28.2 Å². The zero-order valence-corrected chi connectivity index (χ0v) is 16.6. The van der Waals surface area contributed by atoms with Crippen LogP contribution in [0.1, 0.15) is 12.5 Å². The van der Waals surface area contributed by atoms with Crippen molar-refractivity contribution in [2.45, 2.75) is 13.5 Å². The average molecular weight is 385 g/mol. The van der Waals surface area contributed by atoms with Crippen molar-refractivity contribution in [2.75, 3.05) is 0 Å². The van der Waals surface area contributed by atoms with Gasteiger partial charge in [-0.25, -0.2) is 0 Å². The summed E-state index contributed by atoms with van der Waals surface area (Å²) in [6.07, 6.45) is 0. The lowest BCUT2D eigenvalue weighted by Gasteiger charge is -2.10. The van der Waals surface area contributed by atoms with E-state index >= 15 is 0 Å². The fourth-order valence-electron chi connectivity index (χ4n) is 4.84. The fraction of sp³-hybridized carbons (Fsp3) is 0.0741. The van der Waals surface area contributed by atoms with E-state index in [4.69, 9.17) is 0 Å². The molecular formula is C27H19N3. The molecule has 0 aliphatic heterocycles. The Morgan fingerprint density at radius 1 is 0.667 bits per heavy atom. The van der Waals surface area contributed by atoms with Gasteiger partial charge in [0.25, 0.3) is 0 Å². The molecular weight excluding hydrogens is 366 g/mol. The lowest BCUT2D eigenvalue weighted by Crippen LogP contribution is -1.96. The highest BCUT2D eigenvalue weighted by Gasteiger charge is 2.15. The third-order valence-electron chi connectivity index (χ3n) is 6.13. The second-order valence-electron chi connectivity index (χ2n) is 7.66. The zero-order valence-electron chi connectivity index (χ0n) is 16.6. The van der Waals surface area contributed by atoms with Crippen LogP contribution in [-0.4, -0.2) is 9.13 Å². The van der Waals surface area contributed by atoms with Crippen LogP contribution in [0.2, 0.25) is 0 Å². The lowest BCUT2D eigenvalue weighted by molar-refractivity contribution is 0.827. The molecule has 2 heterocycles. The van der Waals surface area contributed by atoms with Gasteiger partial charge in [-0.15, -0.1) is 0 Å². The first-order chi connectivity index (χ1) is 14.8. The molecule has 6 aromatic rings. The fourth-order valence-corrected chi connectivity index (χ4v) is 4.84. The Hall–Kier alpha value is -4.03. The number of aryl methyl sites for hydroxylation is 1. The molecule has 0 aliphatic carbocycles. The predicted octanol–water partition coefficient (Wildman–Crippen LogP) is 6.78. The molecule has 4 aromatic carbocycles. The number of nitrogens with zero attached hydrogens (tertiary/aromatic N) is 3. The van der Waals surface area contributed by atoms with Gasteiger partial charge in [0.1, 0.15) is 0 Å². The minimum atomic E-state index is 0.687.